The Labute approximate surface area is 98.3 Å². The molecule has 1 aromatic rings. The zero-order chi connectivity index (χ0) is 11.6. The van der Waals surface area contributed by atoms with Crippen molar-refractivity contribution in [1.82, 2.24) is 4.98 Å². The summed E-state index contributed by atoms with van der Waals surface area (Å²) in [5.74, 6) is -0.838. The van der Waals surface area contributed by atoms with Crippen molar-refractivity contribution < 1.29 is 14.6 Å². The van der Waals surface area contributed by atoms with Gasteiger partial charge in [-0.25, -0.2) is 4.98 Å². The number of carbonyl (C=O) groups is 1. The van der Waals surface area contributed by atoms with Gasteiger partial charge in [0, 0.05) is 12.5 Å². The minimum Gasteiger partial charge on any atom is -0.481 e. The van der Waals surface area contributed by atoms with Gasteiger partial charge in [0.25, 0.3) is 0 Å². The molecule has 1 aliphatic rings. The molecule has 1 aliphatic carbocycles. The highest BCUT2D eigenvalue weighted by Gasteiger charge is 2.38. The molecular weight excluding hydrogens is 226 g/mol. The van der Waals surface area contributed by atoms with Crippen molar-refractivity contribution in [2.24, 2.45) is 0 Å². The van der Waals surface area contributed by atoms with E-state index in [1.807, 2.05) is 5.38 Å². The fraction of sp³-hybridized carbons (Fsp3) is 0.636. The van der Waals surface area contributed by atoms with Gasteiger partial charge >= 0.3 is 5.97 Å². The minimum absolute atomic E-state index is 0.00368. The summed E-state index contributed by atoms with van der Waals surface area (Å²) in [6.45, 7) is 0. The predicted molar refractivity (Wildman–Crippen MR) is 60.6 cm³/mol. The average molecular weight is 241 g/mol. The molecule has 1 fully saturated rings. The van der Waals surface area contributed by atoms with Crippen molar-refractivity contribution >= 4 is 17.3 Å². The Bertz CT molecular complexity index is 382. The molecule has 2 rings (SSSR count). The van der Waals surface area contributed by atoms with Crippen LogP contribution in [0.15, 0.2) is 5.38 Å². The van der Waals surface area contributed by atoms with Crippen LogP contribution in [0.5, 0.6) is 0 Å². The van der Waals surface area contributed by atoms with E-state index in [1.54, 1.807) is 7.11 Å². The average Bonchev–Trinajstić information content (AvgIpc) is 2.85. The number of rotatable bonds is 4. The van der Waals surface area contributed by atoms with Crippen molar-refractivity contribution in [2.45, 2.75) is 37.7 Å². The normalized spacial score (nSPS) is 18.8. The van der Waals surface area contributed by atoms with Crippen LogP contribution in [-0.4, -0.2) is 23.2 Å². The van der Waals surface area contributed by atoms with Gasteiger partial charge in [0.15, 0.2) is 0 Å². The quantitative estimate of drug-likeness (QED) is 0.877. The number of methoxy groups -OCH3 is 1. The van der Waals surface area contributed by atoms with Crippen molar-refractivity contribution in [3.05, 3.63) is 16.1 Å². The summed E-state index contributed by atoms with van der Waals surface area (Å²) in [6, 6.07) is 0. The highest BCUT2D eigenvalue weighted by molar-refractivity contribution is 7.09. The molecule has 0 amide bonds. The topological polar surface area (TPSA) is 59.4 Å². The monoisotopic (exact) mass is 241 g/mol. The standard InChI is InChI=1S/C11H15NO3S/c1-15-11(4-2-3-5-11)10-12-8(7-16-10)6-9(13)14/h7H,2-6H2,1H3,(H,13,14). The smallest absolute Gasteiger partial charge is 0.309 e. The third-order valence-corrected chi connectivity index (χ3v) is 4.15. The maximum atomic E-state index is 10.6. The van der Waals surface area contributed by atoms with Gasteiger partial charge in [-0.2, -0.15) is 0 Å². The first kappa shape index (κ1) is 11.5. The number of hydrogen-bond donors (Lipinski definition) is 1. The van der Waals surface area contributed by atoms with Crippen LogP contribution in [0.25, 0.3) is 0 Å². The lowest BCUT2D eigenvalue weighted by atomic mass is 10.0. The van der Waals surface area contributed by atoms with Crippen molar-refractivity contribution in [3.63, 3.8) is 0 Å². The van der Waals surface area contributed by atoms with Gasteiger partial charge in [0.05, 0.1) is 12.1 Å². The van der Waals surface area contributed by atoms with Crippen molar-refractivity contribution in [3.8, 4) is 0 Å². The van der Waals surface area contributed by atoms with E-state index < -0.39 is 5.97 Å². The minimum atomic E-state index is -0.838. The second kappa shape index (κ2) is 4.51. The number of aromatic nitrogens is 1. The molecule has 5 heteroatoms. The summed E-state index contributed by atoms with van der Waals surface area (Å²) in [5, 5.41) is 11.5. The summed E-state index contributed by atoms with van der Waals surface area (Å²) in [4.78, 5) is 15.0. The molecule has 0 bridgehead atoms. The molecule has 0 aromatic carbocycles. The molecule has 0 atom stereocenters. The Balaban J connectivity index is 2.19. The van der Waals surface area contributed by atoms with Crippen molar-refractivity contribution in [1.29, 1.82) is 0 Å². The fourth-order valence-corrected chi connectivity index (χ4v) is 3.26. The van der Waals surface area contributed by atoms with Crippen molar-refractivity contribution in [2.75, 3.05) is 7.11 Å². The third-order valence-electron chi connectivity index (χ3n) is 3.08. The zero-order valence-corrected chi connectivity index (χ0v) is 10.0. The first-order valence-corrected chi connectivity index (χ1v) is 6.26. The maximum absolute atomic E-state index is 10.6. The second-order valence-corrected chi connectivity index (χ2v) is 4.98. The van der Waals surface area contributed by atoms with E-state index in [0.717, 1.165) is 30.7 Å². The Hall–Kier alpha value is -0.940. The van der Waals surface area contributed by atoms with Crippen LogP contribution in [0, 0.1) is 0 Å². The molecule has 1 aromatic heterocycles. The molecule has 0 saturated heterocycles. The number of thiazole rings is 1. The summed E-state index contributed by atoms with van der Waals surface area (Å²) in [6.07, 6.45) is 4.28. The Morgan fingerprint density at radius 1 is 1.62 bits per heavy atom. The van der Waals surface area contributed by atoms with Crippen LogP contribution >= 0.6 is 11.3 Å². The Kier molecular flexibility index (Phi) is 3.25. The SMILES string of the molecule is COC1(c2nc(CC(=O)O)cs2)CCCC1. The predicted octanol–water partition coefficient (Wildman–Crippen LogP) is 2.19. The lowest BCUT2D eigenvalue weighted by Crippen LogP contribution is -2.24. The number of carboxylic acids is 1. The van der Waals surface area contributed by atoms with Crippen LogP contribution in [0.3, 0.4) is 0 Å². The number of hydrogen-bond acceptors (Lipinski definition) is 4. The second-order valence-electron chi connectivity index (χ2n) is 4.12. The summed E-state index contributed by atoms with van der Waals surface area (Å²) < 4.78 is 5.60. The molecule has 1 heterocycles. The van der Waals surface area contributed by atoms with Gasteiger partial charge in [-0.05, 0) is 12.8 Å². The molecule has 4 nitrogen and oxygen atoms in total. The highest BCUT2D eigenvalue weighted by Crippen LogP contribution is 2.42. The van der Waals surface area contributed by atoms with Crippen LogP contribution < -0.4 is 0 Å². The first-order chi connectivity index (χ1) is 7.66. The van der Waals surface area contributed by atoms with Crippen LogP contribution in [0.4, 0.5) is 0 Å². The molecule has 16 heavy (non-hydrogen) atoms. The molecule has 0 aliphatic heterocycles. The fourth-order valence-electron chi connectivity index (χ4n) is 2.20. The number of aliphatic carboxylic acids is 1. The molecule has 0 radical (unpaired) electrons. The molecule has 1 saturated carbocycles. The lowest BCUT2D eigenvalue weighted by Gasteiger charge is -2.24. The van der Waals surface area contributed by atoms with E-state index in [4.69, 9.17) is 9.84 Å². The highest BCUT2D eigenvalue weighted by atomic mass is 32.1. The molecular formula is C11H15NO3S. The van der Waals surface area contributed by atoms with Gasteiger partial charge in [-0.3, -0.25) is 4.79 Å². The number of nitrogens with zero attached hydrogens (tertiary/aromatic N) is 1. The zero-order valence-electron chi connectivity index (χ0n) is 9.23. The molecule has 88 valence electrons. The van der Waals surface area contributed by atoms with E-state index in [-0.39, 0.29) is 12.0 Å². The Morgan fingerprint density at radius 3 is 2.88 bits per heavy atom. The van der Waals surface area contributed by atoms with E-state index in [0.29, 0.717) is 5.69 Å². The van der Waals surface area contributed by atoms with Gasteiger partial charge in [0.2, 0.25) is 0 Å². The van der Waals surface area contributed by atoms with E-state index in [1.165, 1.54) is 11.3 Å². The summed E-state index contributed by atoms with van der Waals surface area (Å²) >= 11 is 1.51. The summed E-state index contributed by atoms with van der Waals surface area (Å²) in [5.41, 5.74) is 0.386. The molecule has 0 spiro atoms. The summed E-state index contributed by atoms with van der Waals surface area (Å²) in [7, 11) is 1.71. The number of ether oxygens (including phenoxy) is 1. The van der Waals surface area contributed by atoms with E-state index in [2.05, 4.69) is 4.98 Å². The van der Waals surface area contributed by atoms with Gasteiger partial charge in [-0.15, -0.1) is 11.3 Å². The van der Waals surface area contributed by atoms with Crippen LogP contribution in [-0.2, 0) is 21.6 Å². The molecule has 1 N–H and O–H groups in total. The van der Waals surface area contributed by atoms with Gasteiger partial charge in [0.1, 0.15) is 10.6 Å². The first-order valence-electron chi connectivity index (χ1n) is 5.38. The largest absolute Gasteiger partial charge is 0.481 e. The van der Waals surface area contributed by atoms with E-state index >= 15 is 0 Å². The van der Waals surface area contributed by atoms with Crippen LogP contribution in [0.1, 0.15) is 36.4 Å². The molecule has 0 unspecified atom stereocenters. The Morgan fingerprint density at radius 2 is 2.31 bits per heavy atom. The van der Waals surface area contributed by atoms with Crippen LogP contribution in [0.2, 0.25) is 0 Å². The third kappa shape index (κ3) is 2.10. The van der Waals surface area contributed by atoms with Gasteiger partial charge in [-0.1, -0.05) is 12.8 Å². The van der Waals surface area contributed by atoms with E-state index in [9.17, 15) is 4.79 Å². The maximum Gasteiger partial charge on any atom is 0.309 e. The van der Waals surface area contributed by atoms with Gasteiger partial charge < -0.3 is 9.84 Å². The lowest BCUT2D eigenvalue weighted by molar-refractivity contribution is -0.136. The number of carboxylic acid groups (broad SMARTS) is 1.